The van der Waals surface area contributed by atoms with E-state index >= 15 is 0 Å². The summed E-state index contributed by atoms with van der Waals surface area (Å²) in [4.78, 5) is 24.4. The molecule has 0 aliphatic rings. The molecule has 0 aromatic carbocycles. The van der Waals surface area contributed by atoms with Gasteiger partial charge in [0.15, 0.2) is 0 Å². The van der Waals surface area contributed by atoms with E-state index in [1.54, 1.807) is 13.0 Å². The van der Waals surface area contributed by atoms with Gasteiger partial charge < -0.3 is 11.1 Å². The summed E-state index contributed by atoms with van der Waals surface area (Å²) in [5, 5.41) is 22.2. The number of rotatable bonds is 5. The number of nitro groups is 1. The number of nitrogens with zero attached hydrogens (tertiary/aromatic N) is 3. The van der Waals surface area contributed by atoms with Crippen LogP contribution in [0.1, 0.15) is 19.0 Å². The Bertz CT molecular complexity index is 523. The molecule has 94 valence electrons. The van der Waals surface area contributed by atoms with Crippen molar-refractivity contribution in [1.29, 1.82) is 5.26 Å². The zero-order valence-electron chi connectivity index (χ0n) is 9.58. The van der Waals surface area contributed by atoms with Gasteiger partial charge in [-0.1, -0.05) is 0 Å². The summed E-state index contributed by atoms with van der Waals surface area (Å²) in [7, 11) is 0. The van der Waals surface area contributed by atoms with Crippen molar-refractivity contribution >= 4 is 17.4 Å². The van der Waals surface area contributed by atoms with E-state index in [1.807, 2.05) is 0 Å². The number of carbonyl (C=O) groups excluding carboxylic acids is 1. The molecular weight excluding hydrogens is 238 g/mol. The number of anilines is 1. The van der Waals surface area contributed by atoms with E-state index in [9.17, 15) is 14.9 Å². The van der Waals surface area contributed by atoms with Gasteiger partial charge in [0.05, 0.1) is 4.92 Å². The lowest BCUT2D eigenvalue weighted by Gasteiger charge is -2.12. The molecule has 3 N–H and O–H groups in total. The summed E-state index contributed by atoms with van der Waals surface area (Å²) in [5.41, 5.74) is 4.39. The highest BCUT2D eigenvalue weighted by Gasteiger charge is 2.16. The number of carbonyl (C=O) groups is 1. The zero-order valence-corrected chi connectivity index (χ0v) is 9.58. The molecule has 0 bridgehead atoms. The fourth-order valence-electron chi connectivity index (χ4n) is 1.37. The Morgan fingerprint density at radius 3 is 2.89 bits per heavy atom. The van der Waals surface area contributed by atoms with E-state index in [1.165, 1.54) is 12.1 Å². The van der Waals surface area contributed by atoms with Gasteiger partial charge in [-0.25, -0.2) is 4.98 Å². The summed E-state index contributed by atoms with van der Waals surface area (Å²) < 4.78 is 0. The van der Waals surface area contributed by atoms with Crippen LogP contribution in [-0.4, -0.2) is 21.9 Å². The normalized spacial score (nSPS) is 11.3. The van der Waals surface area contributed by atoms with Crippen LogP contribution < -0.4 is 11.1 Å². The number of hydrogen-bond donors (Lipinski definition) is 2. The van der Waals surface area contributed by atoms with Gasteiger partial charge in [-0.3, -0.25) is 14.9 Å². The van der Waals surface area contributed by atoms with Crippen LogP contribution in [0.2, 0.25) is 0 Å². The number of primary amides is 1. The highest BCUT2D eigenvalue weighted by molar-refractivity contribution is 5.74. The Balaban J connectivity index is 2.90. The van der Waals surface area contributed by atoms with Crippen molar-refractivity contribution in [2.75, 3.05) is 5.32 Å². The van der Waals surface area contributed by atoms with Gasteiger partial charge in [0.1, 0.15) is 11.9 Å². The van der Waals surface area contributed by atoms with Crippen LogP contribution >= 0.6 is 0 Å². The van der Waals surface area contributed by atoms with Crippen LogP contribution in [0.15, 0.2) is 12.1 Å². The number of nitrogens with one attached hydrogen (secondary N) is 1. The first-order chi connectivity index (χ1) is 8.43. The molecule has 1 heterocycles. The van der Waals surface area contributed by atoms with E-state index in [4.69, 9.17) is 11.0 Å². The summed E-state index contributed by atoms with van der Waals surface area (Å²) in [5.74, 6) is -0.191. The van der Waals surface area contributed by atoms with Crippen molar-refractivity contribution in [2.24, 2.45) is 5.73 Å². The summed E-state index contributed by atoms with van der Waals surface area (Å²) in [6.45, 7) is 1.71. The SMILES string of the molecule is CC(CC(N)=O)Nc1ccc([N+](=O)[O-])c(C#N)n1. The Kier molecular flexibility index (Phi) is 4.15. The van der Waals surface area contributed by atoms with Gasteiger partial charge in [0.25, 0.3) is 0 Å². The average Bonchev–Trinajstić information content (AvgIpc) is 2.27. The Hall–Kier alpha value is -2.69. The molecule has 0 spiro atoms. The van der Waals surface area contributed by atoms with Gasteiger partial charge in [-0.2, -0.15) is 5.26 Å². The van der Waals surface area contributed by atoms with Crippen molar-refractivity contribution in [3.63, 3.8) is 0 Å². The average molecular weight is 249 g/mol. The maximum absolute atomic E-state index is 10.7. The highest BCUT2D eigenvalue weighted by Crippen LogP contribution is 2.18. The third-order valence-electron chi connectivity index (χ3n) is 2.08. The smallest absolute Gasteiger partial charge is 0.305 e. The van der Waals surface area contributed by atoms with Gasteiger partial charge in [0, 0.05) is 18.5 Å². The minimum atomic E-state index is -0.678. The Morgan fingerprint density at radius 2 is 2.39 bits per heavy atom. The number of nitrogens with two attached hydrogens (primary N) is 1. The van der Waals surface area contributed by atoms with Crippen LogP contribution in [0, 0.1) is 21.4 Å². The quantitative estimate of drug-likeness (QED) is 0.577. The largest absolute Gasteiger partial charge is 0.370 e. The molecule has 8 nitrogen and oxygen atoms in total. The van der Waals surface area contributed by atoms with Crippen molar-refractivity contribution in [3.8, 4) is 6.07 Å². The van der Waals surface area contributed by atoms with Crippen molar-refractivity contribution in [1.82, 2.24) is 4.98 Å². The maximum Gasteiger partial charge on any atom is 0.305 e. The number of hydrogen-bond acceptors (Lipinski definition) is 6. The van der Waals surface area contributed by atoms with E-state index in [0.29, 0.717) is 0 Å². The number of aromatic nitrogens is 1. The molecule has 18 heavy (non-hydrogen) atoms. The molecule has 1 amide bonds. The lowest BCUT2D eigenvalue weighted by Crippen LogP contribution is -2.24. The number of pyridine rings is 1. The molecule has 1 atom stereocenters. The molecular formula is C10H11N5O3. The molecule has 1 rings (SSSR count). The van der Waals surface area contributed by atoms with Gasteiger partial charge in [-0.15, -0.1) is 0 Å². The van der Waals surface area contributed by atoms with Crippen LogP contribution in [0.4, 0.5) is 11.5 Å². The molecule has 0 aliphatic carbocycles. The molecule has 0 radical (unpaired) electrons. The fourth-order valence-corrected chi connectivity index (χ4v) is 1.37. The van der Waals surface area contributed by atoms with E-state index < -0.39 is 10.8 Å². The van der Waals surface area contributed by atoms with Crippen LogP contribution in [0.3, 0.4) is 0 Å². The first-order valence-electron chi connectivity index (χ1n) is 5.04. The summed E-state index contributed by atoms with van der Waals surface area (Å²) in [6.07, 6.45) is 0.0978. The van der Waals surface area contributed by atoms with Crippen LogP contribution in [0.25, 0.3) is 0 Å². The minimum Gasteiger partial charge on any atom is -0.370 e. The van der Waals surface area contributed by atoms with Crippen LogP contribution in [0.5, 0.6) is 0 Å². The Labute approximate surface area is 103 Å². The second-order valence-corrected chi connectivity index (χ2v) is 3.65. The van der Waals surface area contributed by atoms with Crippen LogP contribution in [-0.2, 0) is 4.79 Å². The molecule has 1 unspecified atom stereocenters. The lowest BCUT2D eigenvalue weighted by molar-refractivity contribution is -0.385. The van der Waals surface area contributed by atoms with Gasteiger partial charge in [-0.05, 0) is 13.0 Å². The lowest BCUT2D eigenvalue weighted by atomic mass is 10.2. The van der Waals surface area contributed by atoms with Gasteiger partial charge >= 0.3 is 5.69 Å². The monoisotopic (exact) mass is 249 g/mol. The molecule has 0 aliphatic heterocycles. The van der Waals surface area contributed by atoms with Crippen molar-refractivity contribution in [3.05, 3.63) is 27.9 Å². The molecule has 0 saturated heterocycles. The predicted octanol–water partition coefficient (Wildman–Crippen LogP) is 0.537. The molecule has 1 aromatic rings. The minimum absolute atomic E-state index is 0.0978. The number of amides is 1. The first kappa shape index (κ1) is 13.4. The van der Waals surface area contributed by atoms with Gasteiger partial charge in [0.2, 0.25) is 11.6 Å². The third-order valence-corrected chi connectivity index (χ3v) is 2.08. The Morgan fingerprint density at radius 1 is 1.72 bits per heavy atom. The molecule has 0 saturated carbocycles. The van der Waals surface area contributed by atoms with Crippen molar-refractivity contribution < 1.29 is 9.72 Å². The zero-order chi connectivity index (χ0) is 13.7. The summed E-state index contributed by atoms with van der Waals surface area (Å²) in [6, 6.07) is 3.93. The molecule has 8 heteroatoms. The summed E-state index contributed by atoms with van der Waals surface area (Å²) >= 11 is 0. The first-order valence-corrected chi connectivity index (χ1v) is 5.04. The fraction of sp³-hybridized carbons (Fsp3) is 0.300. The van der Waals surface area contributed by atoms with E-state index in [-0.39, 0.29) is 29.7 Å². The molecule has 1 aromatic heterocycles. The topological polar surface area (TPSA) is 135 Å². The van der Waals surface area contributed by atoms with E-state index in [2.05, 4.69) is 10.3 Å². The number of nitriles is 1. The molecule has 0 fully saturated rings. The second-order valence-electron chi connectivity index (χ2n) is 3.65. The maximum atomic E-state index is 10.7. The third kappa shape index (κ3) is 3.41. The highest BCUT2D eigenvalue weighted by atomic mass is 16.6. The standard InChI is InChI=1S/C10H11N5O3/c1-6(4-9(12)16)13-10-3-2-8(15(17)18)7(5-11)14-10/h2-3,6H,4H2,1H3,(H2,12,16)(H,13,14). The van der Waals surface area contributed by atoms with Crippen molar-refractivity contribution in [2.45, 2.75) is 19.4 Å². The predicted molar refractivity (Wildman–Crippen MR) is 62.5 cm³/mol. The second kappa shape index (κ2) is 5.58. The van der Waals surface area contributed by atoms with E-state index in [0.717, 1.165) is 0 Å².